The summed E-state index contributed by atoms with van der Waals surface area (Å²) in [6.07, 6.45) is 5.43. The zero-order valence-corrected chi connectivity index (χ0v) is 26.7. The molecule has 0 saturated carbocycles. The number of carboxylic acids is 1. The highest BCUT2D eigenvalue weighted by Gasteiger charge is 2.45. The highest BCUT2D eigenvalue weighted by molar-refractivity contribution is 7.09. The molecule has 45 heavy (non-hydrogen) atoms. The first kappa shape index (κ1) is 31.2. The van der Waals surface area contributed by atoms with Crippen molar-refractivity contribution in [3.8, 4) is 11.3 Å². The van der Waals surface area contributed by atoms with Crippen LogP contribution < -0.4 is 5.32 Å². The van der Waals surface area contributed by atoms with Crippen LogP contribution in [0, 0.1) is 5.41 Å². The fourth-order valence-electron chi connectivity index (χ4n) is 6.65. The van der Waals surface area contributed by atoms with Crippen molar-refractivity contribution in [2.24, 2.45) is 5.41 Å². The van der Waals surface area contributed by atoms with Crippen LogP contribution in [0.2, 0.25) is 0 Å². The van der Waals surface area contributed by atoms with Crippen LogP contribution in [-0.2, 0) is 35.5 Å². The van der Waals surface area contributed by atoms with Crippen molar-refractivity contribution in [2.75, 3.05) is 66.0 Å². The lowest BCUT2D eigenvalue weighted by Crippen LogP contribution is -2.56. The predicted octanol–water partition coefficient (Wildman–Crippen LogP) is 2.26. The Kier molecular flexibility index (Phi) is 9.47. The zero-order valence-electron chi connectivity index (χ0n) is 25.9. The van der Waals surface area contributed by atoms with Gasteiger partial charge in [0.1, 0.15) is 5.01 Å². The molecule has 4 heterocycles. The number of rotatable bonds is 10. The summed E-state index contributed by atoms with van der Waals surface area (Å²) in [4.78, 5) is 51.2. The standard InChI is InChI=1S/C32H42N8O4S/c1-36-9-13-38(14-10-36)31(44)39-15-11-37(12-16-39)7-4-8-40-22-26(20-34-40)27-23-45-28(35-27)21-33-30(43)32(19-29(41)42)17-24-5-2-3-6-25(24)18-32/h2-3,5-6,20,22-23H,4,7-19,21H2,1H3,(H,33,43)(H,41,42). The Balaban J connectivity index is 0.942. The number of hydrogen-bond donors (Lipinski definition) is 2. The number of likely N-dealkylation sites (N-methyl/N-ethyl adjacent to an activating group) is 1. The van der Waals surface area contributed by atoms with Gasteiger partial charge in [0.15, 0.2) is 0 Å². The van der Waals surface area contributed by atoms with Crippen LogP contribution >= 0.6 is 11.3 Å². The zero-order chi connectivity index (χ0) is 31.4. The van der Waals surface area contributed by atoms with Gasteiger partial charge >= 0.3 is 12.0 Å². The third kappa shape index (κ3) is 7.37. The molecule has 13 heteroatoms. The molecule has 2 N–H and O–H groups in total. The molecule has 12 nitrogen and oxygen atoms in total. The minimum atomic E-state index is -0.980. The monoisotopic (exact) mass is 634 g/mol. The van der Waals surface area contributed by atoms with Crippen molar-refractivity contribution >= 4 is 29.2 Å². The maximum atomic E-state index is 13.3. The van der Waals surface area contributed by atoms with Crippen molar-refractivity contribution in [3.05, 3.63) is 58.2 Å². The van der Waals surface area contributed by atoms with Gasteiger partial charge in [0.2, 0.25) is 5.91 Å². The molecule has 240 valence electrons. The summed E-state index contributed by atoms with van der Waals surface area (Å²) in [5, 5.41) is 19.8. The van der Waals surface area contributed by atoms with Crippen LogP contribution in [0.5, 0.6) is 0 Å². The molecule has 0 atom stereocenters. The number of amides is 3. The number of nitrogens with one attached hydrogen (secondary N) is 1. The Hall–Kier alpha value is -3.81. The number of nitrogens with zero attached hydrogens (tertiary/aromatic N) is 7. The third-order valence-electron chi connectivity index (χ3n) is 9.31. The number of aromatic nitrogens is 3. The normalized spacial score (nSPS) is 18.6. The van der Waals surface area contributed by atoms with Gasteiger partial charge in [-0.3, -0.25) is 19.2 Å². The minimum absolute atomic E-state index is 0.182. The Morgan fingerprint density at radius 1 is 0.956 bits per heavy atom. The molecule has 0 bridgehead atoms. The number of aryl methyl sites for hydroxylation is 1. The molecule has 1 aliphatic carbocycles. The van der Waals surface area contributed by atoms with Crippen LogP contribution in [0.1, 0.15) is 29.0 Å². The number of carboxylic acid groups (broad SMARTS) is 1. The van der Waals surface area contributed by atoms with Crippen LogP contribution in [0.25, 0.3) is 11.3 Å². The Labute approximate surface area is 267 Å². The quantitative estimate of drug-likeness (QED) is 0.348. The number of carbonyl (C=O) groups excluding carboxylic acids is 2. The van der Waals surface area contributed by atoms with Gasteiger partial charge in [-0.2, -0.15) is 5.10 Å². The number of fused-ring (bicyclic) bond motifs is 1. The van der Waals surface area contributed by atoms with E-state index in [-0.39, 0.29) is 24.9 Å². The first-order valence-corrected chi connectivity index (χ1v) is 16.6. The number of piperazine rings is 2. The van der Waals surface area contributed by atoms with Gasteiger partial charge in [-0.25, -0.2) is 9.78 Å². The lowest BCUT2D eigenvalue weighted by atomic mass is 9.80. The second kappa shape index (κ2) is 13.7. The fraction of sp³-hybridized carbons (Fsp3) is 0.531. The molecule has 2 aromatic heterocycles. The van der Waals surface area contributed by atoms with Crippen LogP contribution in [0.15, 0.2) is 42.0 Å². The molecule has 3 aliphatic rings. The molecule has 6 rings (SSSR count). The average Bonchev–Trinajstić information content (AvgIpc) is 3.79. The summed E-state index contributed by atoms with van der Waals surface area (Å²) in [6.45, 7) is 8.85. The molecule has 2 fully saturated rings. The molecule has 2 aliphatic heterocycles. The van der Waals surface area contributed by atoms with Crippen LogP contribution in [-0.4, -0.2) is 123 Å². The molecular weight excluding hydrogens is 592 g/mol. The third-order valence-corrected chi connectivity index (χ3v) is 10.2. The second-order valence-corrected chi connectivity index (χ2v) is 13.5. The van der Waals surface area contributed by atoms with Gasteiger partial charge in [0.05, 0.1) is 30.3 Å². The van der Waals surface area contributed by atoms with Gasteiger partial charge in [0.25, 0.3) is 0 Å². The highest BCUT2D eigenvalue weighted by Crippen LogP contribution is 2.40. The molecule has 2 saturated heterocycles. The second-order valence-electron chi connectivity index (χ2n) is 12.5. The largest absolute Gasteiger partial charge is 0.481 e. The van der Waals surface area contributed by atoms with E-state index in [9.17, 15) is 19.5 Å². The first-order valence-electron chi connectivity index (χ1n) is 15.8. The maximum absolute atomic E-state index is 13.3. The van der Waals surface area contributed by atoms with Crippen molar-refractivity contribution < 1.29 is 19.5 Å². The predicted molar refractivity (Wildman–Crippen MR) is 171 cm³/mol. The van der Waals surface area contributed by atoms with Gasteiger partial charge < -0.3 is 25.1 Å². The smallest absolute Gasteiger partial charge is 0.320 e. The minimum Gasteiger partial charge on any atom is -0.481 e. The Morgan fingerprint density at radius 2 is 1.62 bits per heavy atom. The summed E-state index contributed by atoms with van der Waals surface area (Å²) >= 11 is 1.47. The van der Waals surface area contributed by atoms with Crippen molar-refractivity contribution in [3.63, 3.8) is 0 Å². The SMILES string of the molecule is CN1CCN(C(=O)N2CCN(CCCn3cc(-c4csc(CNC(=O)C5(CC(=O)O)Cc6ccccc6C5)n4)cn3)CC2)CC1. The number of thiazole rings is 1. The molecule has 0 radical (unpaired) electrons. The number of urea groups is 1. The maximum Gasteiger partial charge on any atom is 0.320 e. The molecule has 0 spiro atoms. The molecule has 0 unspecified atom stereocenters. The number of benzene rings is 1. The van der Waals surface area contributed by atoms with E-state index in [0.29, 0.717) is 12.8 Å². The average molecular weight is 635 g/mol. The van der Waals surface area contributed by atoms with Gasteiger partial charge in [-0.15, -0.1) is 11.3 Å². The highest BCUT2D eigenvalue weighted by atomic mass is 32.1. The van der Waals surface area contributed by atoms with Gasteiger partial charge in [-0.05, 0) is 37.4 Å². The topological polar surface area (TPSA) is 127 Å². The summed E-state index contributed by atoms with van der Waals surface area (Å²) in [5.74, 6) is -1.21. The van der Waals surface area contributed by atoms with Crippen molar-refractivity contribution in [2.45, 2.75) is 38.8 Å². The lowest BCUT2D eigenvalue weighted by Gasteiger charge is -2.40. The van der Waals surface area contributed by atoms with E-state index in [1.807, 2.05) is 56.5 Å². The van der Waals surface area contributed by atoms with E-state index in [0.717, 1.165) is 99.3 Å². The Bertz CT molecular complexity index is 1480. The fourth-order valence-corrected chi connectivity index (χ4v) is 7.40. The molecule has 3 aromatic rings. The van der Waals surface area contributed by atoms with Crippen molar-refractivity contribution in [1.82, 2.24) is 39.7 Å². The van der Waals surface area contributed by atoms with Crippen molar-refractivity contribution in [1.29, 1.82) is 0 Å². The van der Waals surface area contributed by atoms with E-state index in [1.165, 1.54) is 11.3 Å². The van der Waals surface area contributed by atoms with E-state index >= 15 is 0 Å². The summed E-state index contributed by atoms with van der Waals surface area (Å²) < 4.78 is 1.94. The van der Waals surface area contributed by atoms with E-state index < -0.39 is 11.4 Å². The van der Waals surface area contributed by atoms with Gasteiger partial charge in [0, 0.05) is 82.6 Å². The van der Waals surface area contributed by atoms with E-state index in [1.54, 1.807) is 0 Å². The first-order chi connectivity index (χ1) is 21.8. The number of aliphatic carboxylic acids is 1. The van der Waals surface area contributed by atoms with E-state index in [2.05, 4.69) is 27.3 Å². The summed E-state index contributed by atoms with van der Waals surface area (Å²) in [6, 6.07) is 7.98. The molecular formula is C32H42N8O4S. The Morgan fingerprint density at radius 3 is 2.29 bits per heavy atom. The molecule has 3 amide bonds. The summed E-state index contributed by atoms with van der Waals surface area (Å²) in [5.41, 5.74) is 2.84. The van der Waals surface area contributed by atoms with Crippen LogP contribution in [0.3, 0.4) is 0 Å². The number of carbonyl (C=O) groups is 3. The van der Waals surface area contributed by atoms with E-state index in [4.69, 9.17) is 4.98 Å². The lowest BCUT2D eigenvalue weighted by molar-refractivity contribution is -0.145. The number of hydrogen-bond acceptors (Lipinski definition) is 8. The molecule has 1 aromatic carbocycles. The van der Waals surface area contributed by atoms with Crippen LogP contribution in [0.4, 0.5) is 4.79 Å². The summed E-state index contributed by atoms with van der Waals surface area (Å²) in [7, 11) is 2.10. The van der Waals surface area contributed by atoms with Gasteiger partial charge in [-0.1, -0.05) is 24.3 Å².